The van der Waals surface area contributed by atoms with Crippen LogP contribution in [-0.2, 0) is 4.79 Å². The molecule has 5 rings (SSSR count). The predicted molar refractivity (Wildman–Crippen MR) is 144 cm³/mol. The zero-order valence-electron chi connectivity index (χ0n) is 20.0. The number of anilines is 1. The summed E-state index contributed by atoms with van der Waals surface area (Å²) in [6.45, 7) is 5.93. The van der Waals surface area contributed by atoms with Gasteiger partial charge in [-0.15, -0.1) is 0 Å². The molecule has 0 saturated carbocycles. The Kier molecular flexibility index (Phi) is 6.24. The molecule has 3 aromatic carbocycles. The molecule has 0 radical (unpaired) electrons. The molecule has 36 heavy (non-hydrogen) atoms. The minimum Gasteiger partial charge on any atom is -0.325 e. The molecule has 8 nitrogen and oxygen atoms in total. The standard InChI is InChI=1S/C27H25N5O3S/c1-15(2)18-8-5-7-11-23(18)32-25(34)19-9-4-6-10-20(19)31-27(32)36-16(3)24(33)28-17-12-13-21-22(14-17)30-26(35)29-21/h4-16H,1-3H3,(H,28,33)(H2,29,30,35)/t16-/m1/s1. The number of thioether (sulfide) groups is 1. The molecule has 0 fully saturated rings. The van der Waals surface area contributed by atoms with E-state index in [2.05, 4.69) is 29.1 Å². The molecule has 2 heterocycles. The van der Waals surface area contributed by atoms with Crippen LogP contribution in [0.2, 0.25) is 0 Å². The van der Waals surface area contributed by atoms with Gasteiger partial charge in [0.05, 0.1) is 32.9 Å². The van der Waals surface area contributed by atoms with Gasteiger partial charge in [-0.2, -0.15) is 0 Å². The number of hydrogen-bond donors (Lipinski definition) is 3. The van der Waals surface area contributed by atoms with Gasteiger partial charge < -0.3 is 15.3 Å². The fraction of sp³-hybridized carbons (Fsp3) is 0.185. The van der Waals surface area contributed by atoms with Crippen molar-refractivity contribution in [2.45, 2.75) is 37.1 Å². The van der Waals surface area contributed by atoms with Gasteiger partial charge in [0.1, 0.15) is 0 Å². The Morgan fingerprint density at radius 3 is 2.47 bits per heavy atom. The normalized spacial score (nSPS) is 12.3. The van der Waals surface area contributed by atoms with E-state index in [1.165, 1.54) is 11.8 Å². The summed E-state index contributed by atoms with van der Waals surface area (Å²) in [6, 6.07) is 20.2. The molecule has 0 aliphatic rings. The predicted octanol–water partition coefficient (Wildman–Crippen LogP) is 4.80. The number of H-pyrrole nitrogens is 2. The number of para-hydroxylation sites is 2. The number of hydrogen-bond acceptors (Lipinski definition) is 5. The van der Waals surface area contributed by atoms with Crippen molar-refractivity contribution in [3.8, 4) is 5.69 Å². The molecule has 2 aromatic heterocycles. The summed E-state index contributed by atoms with van der Waals surface area (Å²) in [5, 5.41) is 3.30. The Balaban J connectivity index is 1.52. The Bertz CT molecular complexity index is 1720. The summed E-state index contributed by atoms with van der Waals surface area (Å²) in [5.41, 5.74) is 3.70. The quantitative estimate of drug-likeness (QED) is 0.230. The van der Waals surface area contributed by atoms with Crippen LogP contribution < -0.4 is 16.6 Å². The van der Waals surface area contributed by atoms with Crippen LogP contribution in [0.25, 0.3) is 27.6 Å². The number of rotatable bonds is 6. The number of nitrogens with zero attached hydrogens (tertiary/aromatic N) is 2. The summed E-state index contributed by atoms with van der Waals surface area (Å²) in [6.07, 6.45) is 0. The average molecular weight is 500 g/mol. The van der Waals surface area contributed by atoms with E-state index in [0.29, 0.717) is 32.8 Å². The topological polar surface area (TPSA) is 113 Å². The molecule has 5 aromatic rings. The number of nitrogens with one attached hydrogen (secondary N) is 3. The fourth-order valence-corrected chi connectivity index (χ4v) is 5.07. The van der Waals surface area contributed by atoms with E-state index in [9.17, 15) is 14.4 Å². The average Bonchev–Trinajstić information content (AvgIpc) is 3.23. The van der Waals surface area contributed by atoms with Crippen LogP contribution in [0.3, 0.4) is 0 Å². The molecule has 0 spiro atoms. The van der Waals surface area contributed by atoms with Crippen molar-refractivity contribution >= 4 is 45.3 Å². The largest absolute Gasteiger partial charge is 0.325 e. The Hall–Kier alpha value is -4.11. The first-order chi connectivity index (χ1) is 17.3. The Morgan fingerprint density at radius 2 is 1.67 bits per heavy atom. The van der Waals surface area contributed by atoms with Crippen LogP contribution in [-0.4, -0.2) is 30.7 Å². The van der Waals surface area contributed by atoms with Gasteiger partial charge in [0, 0.05) is 5.69 Å². The molecular weight excluding hydrogens is 474 g/mol. The van der Waals surface area contributed by atoms with Crippen LogP contribution in [0.15, 0.2) is 81.5 Å². The third-order valence-corrected chi connectivity index (χ3v) is 7.03. The van der Waals surface area contributed by atoms with E-state index < -0.39 is 5.25 Å². The number of aromatic nitrogens is 4. The lowest BCUT2D eigenvalue weighted by Crippen LogP contribution is -2.26. The number of carbonyl (C=O) groups excluding carboxylic acids is 1. The van der Waals surface area contributed by atoms with Gasteiger partial charge in [-0.05, 0) is 54.8 Å². The molecule has 0 bridgehead atoms. The van der Waals surface area contributed by atoms with Gasteiger partial charge in [0.2, 0.25) is 5.91 Å². The minimum atomic E-state index is -0.559. The molecular formula is C27H25N5O3S. The van der Waals surface area contributed by atoms with Gasteiger partial charge in [-0.25, -0.2) is 9.78 Å². The first-order valence-corrected chi connectivity index (χ1v) is 12.5. The molecule has 1 atom stereocenters. The van der Waals surface area contributed by atoms with Crippen LogP contribution in [0.1, 0.15) is 32.3 Å². The first kappa shape index (κ1) is 23.6. The van der Waals surface area contributed by atoms with Crippen LogP contribution in [0.5, 0.6) is 0 Å². The lowest BCUT2D eigenvalue weighted by atomic mass is 10.0. The summed E-state index contributed by atoms with van der Waals surface area (Å²) in [5.74, 6) is -0.0590. The number of carbonyl (C=O) groups is 1. The lowest BCUT2D eigenvalue weighted by molar-refractivity contribution is -0.115. The monoisotopic (exact) mass is 499 g/mol. The van der Waals surface area contributed by atoms with Crippen LogP contribution in [0, 0.1) is 0 Å². The van der Waals surface area contributed by atoms with E-state index in [-0.39, 0.29) is 23.1 Å². The molecule has 9 heteroatoms. The van der Waals surface area contributed by atoms with Crippen molar-refractivity contribution in [3.05, 3.63) is 93.1 Å². The number of fused-ring (bicyclic) bond motifs is 2. The van der Waals surface area contributed by atoms with Gasteiger partial charge >= 0.3 is 5.69 Å². The van der Waals surface area contributed by atoms with Crippen molar-refractivity contribution in [2.75, 3.05) is 5.32 Å². The van der Waals surface area contributed by atoms with E-state index in [1.807, 2.05) is 36.4 Å². The molecule has 3 N–H and O–H groups in total. The molecule has 0 saturated heterocycles. The summed E-state index contributed by atoms with van der Waals surface area (Å²) < 4.78 is 1.61. The number of aromatic amines is 2. The summed E-state index contributed by atoms with van der Waals surface area (Å²) >= 11 is 1.23. The smallest absolute Gasteiger partial charge is 0.323 e. The van der Waals surface area contributed by atoms with Crippen molar-refractivity contribution in [1.82, 2.24) is 19.5 Å². The number of benzene rings is 3. The van der Waals surface area contributed by atoms with Crippen molar-refractivity contribution in [3.63, 3.8) is 0 Å². The van der Waals surface area contributed by atoms with Gasteiger partial charge in [0.15, 0.2) is 5.16 Å². The summed E-state index contributed by atoms with van der Waals surface area (Å²) in [4.78, 5) is 48.5. The maximum absolute atomic E-state index is 13.7. The molecule has 0 unspecified atom stereocenters. The zero-order valence-corrected chi connectivity index (χ0v) is 20.8. The Morgan fingerprint density at radius 1 is 0.944 bits per heavy atom. The second-order valence-electron chi connectivity index (χ2n) is 8.85. The van der Waals surface area contributed by atoms with Crippen molar-refractivity contribution in [2.24, 2.45) is 0 Å². The molecule has 182 valence electrons. The highest BCUT2D eigenvalue weighted by Gasteiger charge is 2.22. The van der Waals surface area contributed by atoms with Gasteiger partial charge in [-0.1, -0.05) is 55.9 Å². The minimum absolute atomic E-state index is 0.175. The van der Waals surface area contributed by atoms with Crippen LogP contribution >= 0.6 is 11.8 Å². The van der Waals surface area contributed by atoms with Gasteiger partial charge in [0.25, 0.3) is 5.56 Å². The third kappa shape index (κ3) is 4.45. The third-order valence-electron chi connectivity index (χ3n) is 5.98. The van der Waals surface area contributed by atoms with E-state index >= 15 is 0 Å². The van der Waals surface area contributed by atoms with Crippen LogP contribution in [0.4, 0.5) is 5.69 Å². The highest BCUT2D eigenvalue weighted by Crippen LogP contribution is 2.29. The second kappa shape index (κ2) is 9.50. The SMILES string of the molecule is CC(C)c1ccccc1-n1c(S[C@H](C)C(=O)Nc2ccc3[nH]c(=O)[nH]c3c2)nc2ccccc2c1=O. The number of amides is 1. The fourth-order valence-electron chi connectivity index (χ4n) is 4.15. The second-order valence-corrected chi connectivity index (χ2v) is 10.2. The maximum Gasteiger partial charge on any atom is 0.323 e. The number of imidazole rings is 1. The van der Waals surface area contributed by atoms with E-state index in [1.54, 1.807) is 41.8 Å². The van der Waals surface area contributed by atoms with Crippen molar-refractivity contribution in [1.29, 1.82) is 0 Å². The Labute approximate surface area is 210 Å². The summed E-state index contributed by atoms with van der Waals surface area (Å²) in [7, 11) is 0. The zero-order chi connectivity index (χ0) is 25.4. The van der Waals surface area contributed by atoms with Crippen molar-refractivity contribution < 1.29 is 4.79 Å². The highest BCUT2D eigenvalue weighted by atomic mass is 32.2. The lowest BCUT2D eigenvalue weighted by Gasteiger charge is -2.19. The molecule has 0 aliphatic heterocycles. The first-order valence-electron chi connectivity index (χ1n) is 11.6. The van der Waals surface area contributed by atoms with Gasteiger partial charge in [-0.3, -0.25) is 14.2 Å². The molecule has 0 aliphatic carbocycles. The van der Waals surface area contributed by atoms with E-state index in [4.69, 9.17) is 4.98 Å². The van der Waals surface area contributed by atoms with E-state index in [0.717, 1.165) is 11.3 Å². The highest BCUT2D eigenvalue weighted by molar-refractivity contribution is 8.00. The molecule has 1 amide bonds. The maximum atomic E-state index is 13.7.